The lowest BCUT2D eigenvalue weighted by Crippen LogP contribution is -2.17. The van der Waals surface area contributed by atoms with E-state index in [4.69, 9.17) is 5.14 Å². The van der Waals surface area contributed by atoms with Crippen LogP contribution in [0.1, 0.15) is 27.8 Å². The van der Waals surface area contributed by atoms with E-state index < -0.39 is 10.0 Å². The van der Waals surface area contributed by atoms with E-state index in [0.717, 1.165) is 22.4 Å². The summed E-state index contributed by atoms with van der Waals surface area (Å²) in [6, 6.07) is 30.3. The first-order valence-corrected chi connectivity index (χ1v) is 13.1. The van der Waals surface area contributed by atoms with Gasteiger partial charge in [-0.3, -0.25) is 4.79 Å². The number of carbonyl (C=O) groups is 1. The van der Waals surface area contributed by atoms with Crippen LogP contribution in [0.5, 0.6) is 0 Å². The molecule has 6 nitrogen and oxygen atoms in total. The highest BCUT2D eigenvalue weighted by Crippen LogP contribution is 2.35. The minimum atomic E-state index is -4.06. The molecule has 0 bridgehead atoms. The number of anilines is 2. The van der Waals surface area contributed by atoms with Gasteiger partial charge in [-0.15, -0.1) is 0 Å². The van der Waals surface area contributed by atoms with Crippen LogP contribution in [0.25, 0.3) is 11.6 Å². The monoisotopic (exact) mass is 495 g/mol. The van der Waals surface area contributed by atoms with E-state index in [9.17, 15) is 13.2 Å². The van der Waals surface area contributed by atoms with Crippen LogP contribution in [0.2, 0.25) is 0 Å². The number of hydrogen-bond acceptors (Lipinski definition) is 4. The molecule has 7 heteroatoms. The number of hydrogen-bond donors (Lipinski definition) is 3. The molecule has 180 valence electrons. The van der Waals surface area contributed by atoms with E-state index in [1.165, 1.54) is 0 Å². The van der Waals surface area contributed by atoms with Gasteiger partial charge in [0.2, 0.25) is 10.0 Å². The minimum Gasteiger partial charge on any atom is -0.381 e. The van der Waals surface area contributed by atoms with Gasteiger partial charge in [-0.25, -0.2) is 13.6 Å². The fraction of sp³-hybridized carbons (Fsp3) is 0.0690. The second-order valence-corrected chi connectivity index (χ2v) is 10.2. The number of rotatable bonds is 7. The summed E-state index contributed by atoms with van der Waals surface area (Å²) in [6.45, 7) is 0.496. The van der Waals surface area contributed by atoms with Crippen LogP contribution in [-0.4, -0.2) is 14.3 Å². The Hall–Kier alpha value is -4.20. The van der Waals surface area contributed by atoms with Crippen molar-refractivity contribution >= 4 is 39.0 Å². The Kier molecular flexibility index (Phi) is 6.41. The van der Waals surface area contributed by atoms with Crippen LogP contribution >= 0.6 is 0 Å². The van der Waals surface area contributed by atoms with Crippen molar-refractivity contribution in [1.29, 1.82) is 0 Å². The number of primary sulfonamides is 1. The third-order valence-electron chi connectivity index (χ3n) is 6.11. The van der Waals surface area contributed by atoms with Crippen molar-refractivity contribution in [1.82, 2.24) is 0 Å². The summed E-state index contributed by atoms with van der Waals surface area (Å²) in [5.41, 5.74) is 5.76. The molecular weight excluding hydrogens is 470 g/mol. The van der Waals surface area contributed by atoms with Gasteiger partial charge in [-0.05, 0) is 46.5 Å². The number of sulfonamides is 1. The smallest absolute Gasteiger partial charge is 0.256 e. The molecule has 0 saturated carbocycles. The van der Waals surface area contributed by atoms with E-state index in [0.29, 0.717) is 35.4 Å². The maximum atomic E-state index is 12.8. The van der Waals surface area contributed by atoms with E-state index in [1.807, 2.05) is 91.0 Å². The average Bonchev–Trinajstić information content (AvgIpc) is 3.19. The molecule has 0 fully saturated rings. The van der Waals surface area contributed by atoms with Gasteiger partial charge in [0.05, 0.1) is 4.90 Å². The van der Waals surface area contributed by atoms with Crippen LogP contribution in [0, 0.1) is 0 Å². The molecule has 0 aromatic heterocycles. The van der Waals surface area contributed by atoms with Crippen molar-refractivity contribution in [3.8, 4) is 0 Å². The van der Waals surface area contributed by atoms with E-state index >= 15 is 0 Å². The molecule has 0 aliphatic carbocycles. The lowest BCUT2D eigenvalue weighted by molar-refractivity contribution is -0.110. The Bertz CT molecular complexity index is 1560. The van der Waals surface area contributed by atoms with E-state index in [-0.39, 0.29) is 10.8 Å². The zero-order valence-electron chi connectivity index (χ0n) is 19.4. The molecule has 5 rings (SSSR count). The first-order valence-electron chi connectivity index (χ1n) is 11.5. The zero-order valence-corrected chi connectivity index (χ0v) is 20.3. The highest BCUT2D eigenvalue weighted by molar-refractivity contribution is 7.89. The topological polar surface area (TPSA) is 101 Å². The molecule has 4 N–H and O–H groups in total. The summed E-state index contributed by atoms with van der Waals surface area (Å²) in [6.07, 6.45) is 2.08. The second-order valence-electron chi connectivity index (χ2n) is 8.65. The molecular formula is C29H25N3O3S. The predicted octanol–water partition coefficient (Wildman–Crippen LogP) is 5.03. The maximum Gasteiger partial charge on any atom is 0.256 e. The number of amides is 1. The highest BCUT2D eigenvalue weighted by Gasteiger charge is 2.25. The summed E-state index contributed by atoms with van der Waals surface area (Å²) < 4.78 is 25.5. The molecule has 0 radical (unpaired) electrons. The Morgan fingerprint density at radius 3 is 2.17 bits per heavy atom. The molecule has 0 unspecified atom stereocenters. The molecule has 0 saturated heterocycles. The Balaban J connectivity index is 1.64. The number of para-hydroxylation sites is 1. The van der Waals surface area contributed by atoms with Crippen LogP contribution in [0.15, 0.2) is 102 Å². The van der Waals surface area contributed by atoms with Gasteiger partial charge >= 0.3 is 0 Å². The highest BCUT2D eigenvalue weighted by atomic mass is 32.2. The zero-order chi connectivity index (χ0) is 25.1. The third-order valence-corrected chi connectivity index (χ3v) is 7.09. The van der Waals surface area contributed by atoms with Gasteiger partial charge in [0.15, 0.2) is 0 Å². The molecule has 4 aromatic carbocycles. The van der Waals surface area contributed by atoms with Gasteiger partial charge in [-0.2, -0.15) is 0 Å². The molecule has 0 atom stereocenters. The lowest BCUT2D eigenvalue weighted by Gasteiger charge is -2.18. The average molecular weight is 496 g/mol. The number of nitrogens with one attached hydrogen (secondary N) is 2. The third kappa shape index (κ3) is 5.07. The van der Waals surface area contributed by atoms with E-state index in [1.54, 1.807) is 12.1 Å². The van der Waals surface area contributed by atoms with Crippen molar-refractivity contribution < 1.29 is 13.2 Å². The normalized spacial score (nSPS) is 13.9. The Morgan fingerprint density at radius 1 is 0.833 bits per heavy atom. The Morgan fingerprint density at radius 2 is 1.47 bits per heavy atom. The van der Waals surface area contributed by atoms with Gasteiger partial charge < -0.3 is 10.6 Å². The molecule has 1 aliphatic heterocycles. The number of nitrogens with two attached hydrogens (primary N) is 1. The fourth-order valence-corrected chi connectivity index (χ4v) is 5.21. The molecule has 1 amide bonds. The Labute approximate surface area is 210 Å². The van der Waals surface area contributed by atoms with Gasteiger partial charge in [-0.1, -0.05) is 78.9 Å². The SMILES string of the molecule is NS(=O)(=O)c1cc(/C=C2/C(=O)Nc3ccccc32)cc(NCc2ccccc2)c1Cc1ccccc1. The number of carbonyl (C=O) groups excluding carboxylic acids is 1. The maximum absolute atomic E-state index is 12.8. The summed E-state index contributed by atoms with van der Waals surface area (Å²) in [7, 11) is -4.06. The molecule has 1 aliphatic rings. The molecule has 4 aromatic rings. The van der Waals surface area contributed by atoms with Crippen molar-refractivity contribution in [2.24, 2.45) is 5.14 Å². The second kappa shape index (κ2) is 9.81. The van der Waals surface area contributed by atoms with Crippen molar-refractivity contribution in [2.75, 3.05) is 10.6 Å². The van der Waals surface area contributed by atoms with Crippen LogP contribution in [0.3, 0.4) is 0 Å². The minimum absolute atomic E-state index is 0.0305. The first kappa shape index (κ1) is 23.5. The number of fused-ring (bicyclic) bond motifs is 1. The summed E-state index contributed by atoms with van der Waals surface area (Å²) >= 11 is 0. The summed E-state index contributed by atoms with van der Waals surface area (Å²) in [4.78, 5) is 12.7. The molecule has 1 heterocycles. The number of benzene rings is 4. The fourth-order valence-electron chi connectivity index (χ4n) is 4.39. The van der Waals surface area contributed by atoms with Crippen molar-refractivity contribution in [3.63, 3.8) is 0 Å². The van der Waals surface area contributed by atoms with E-state index in [2.05, 4.69) is 10.6 Å². The summed E-state index contributed by atoms with van der Waals surface area (Å²) in [5, 5.41) is 12.0. The quantitative estimate of drug-likeness (QED) is 0.313. The van der Waals surface area contributed by atoms with Crippen LogP contribution < -0.4 is 15.8 Å². The van der Waals surface area contributed by atoms with Crippen LogP contribution in [0.4, 0.5) is 11.4 Å². The van der Waals surface area contributed by atoms with Gasteiger partial charge in [0, 0.05) is 35.5 Å². The van der Waals surface area contributed by atoms with Crippen molar-refractivity contribution in [2.45, 2.75) is 17.9 Å². The first-order chi connectivity index (χ1) is 17.4. The van der Waals surface area contributed by atoms with Crippen LogP contribution in [-0.2, 0) is 27.8 Å². The summed E-state index contributed by atoms with van der Waals surface area (Å²) in [5.74, 6) is -0.236. The van der Waals surface area contributed by atoms with Gasteiger partial charge in [0.25, 0.3) is 5.91 Å². The molecule has 36 heavy (non-hydrogen) atoms. The molecule has 0 spiro atoms. The largest absolute Gasteiger partial charge is 0.381 e. The predicted molar refractivity (Wildman–Crippen MR) is 144 cm³/mol. The lowest BCUT2D eigenvalue weighted by atomic mass is 9.98. The van der Waals surface area contributed by atoms with Gasteiger partial charge in [0.1, 0.15) is 0 Å². The standard InChI is InChI=1S/C29H25N3O3S/c30-36(34,35)28-18-22(16-24-23-13-7-8-14-26(23)32-29(24)33)17-27(31-19-21-11-5-2-6-12-21)25(28)15-20-9-3-1-4-10-20/h1-14,16-18,31H,15,19H2,(H,32,33)(H2,30,34,35)/b24-16+. The van der Waals surface area contributed by atoms with Crippen molar-refractivity contribution in [3.05, 3.63) is 125 Å².